The molecule has 1 saturated heterocycles. The average Bonchev–Trinajstić information content (AvgIpc) is 3.38. The van der Waals surface area contributed by atoms with E-state index in [4.69, 9.17) is 15.6 Å². The minimum Gasteiger partial charge on any atom is -0.497 e. The third kappa shape index (κ3) is 3.76. The number of rotatable bonds is 5. The third-order valence-electron chi connectivity index (χ3n) is 5.57. The maximum atomic E-state index is 13.2. The fraction of sp³-hybridized carbons (Fsp3) is 0.304. The molecule has 6 nitrogen and oxygen atoms in total. The van der Waals surface area contributed by atoms with E-state index in [0.29, 0.717) is 24.7 Å². The Bertz CT molecular complexity index is 982. The van der Waals surface area contributed by atoms with E-state index in [-0.39, 0.29) is 11.9 Å². The molecular formula is C23H26N4O2. The number of hydrogen-bond donors (Lipinski definition) is 1. The lowest BCUT2D eigenvalue weighted by atomic mass is 10.1. The van der Waals surface area contributed by atoms with Crippen LogP contribution in [0.1, 0.15) is 23.8 Å². The number of carbonyl (C=O) groups excluding carboxylic acids is 1. The number of hydrogen-bond acceptors (Lipinski definition) is 4. The molecule has 3 aromatic rings. The van der Waals surface area contributed by atoms with E-state index >= 15 is 0 Å². The number of carbonyl (C=O) groups is 1. The lowest BCUT2D eigenvalue weighted by Crippen LogP contribution is -2.34. The highest BCUT2D eigenvalue weighted by molar-refractivity contribution is 5.94. The van der Waals surface area contributed by atoms with Gasteiger partial charge in [0.25, 0.3) is 5.91 Å². The van der Waals surface area contributed by atoms with E-state index in [1.54, 1.807) is 7.11 Å². The van der Waals surface area contributed by atoms with Crippen molar-refractivity contribution in [3.8, 4) is 22.7 Å². The number of para-hydroxylation sites is 1. The van der Waals surface area contributed by atoms with Crippen molar-refractivity contribution in [2.45, 2.75) is 19.4 Å². The van der Waals surface area contributed by atoms with Gasteiger partial charge in [0.15, 0.2) is 5.69 Å². The first kappa shape index (κ1) is 19.2. The van der Waals surface area contributed by atoms with Crippen LogP contribution in [0.4, 0.5) is 0 Å². The Hall–Kier alpha value is -3.12. The lowest BCUT2D eigenvalue weighted by molar-refractivity contribution is 0.0737. The SMILES string of the molecule is COc1ccc(-c2cc(C(=O)N3CC(CN)CC3C)nn2-c2ccccc2)cc1. The molecule has 2 atom stereocenters. The van der Waals surface area contributed by atoms with Crippen LogP contribution >= 0.6 is 0 Å². The molecule has 4 rings (SSSR count). The van der Waals surface area contributed by atoms with Gasteiger partial charge in [-0.1, -0.05) is 18.2 Å². The van der Waals surface area contributed by atoms with Gasteiger partial charge in [0.2, 0.25) is 0 Å². The summed E-state index contributed by atoms with van der Waals surface area (Å²) >= 11 is 0. The highest BCUT2D eigenvalue weighted by atomic mass is 16.5. The summed E-state index contributed by atoms with van der Waals surface area (Å²) in [6.07, 6.45) is 0.937. The van der Waals surface area contributed by atoms with E-state index < -0.39 is 0 Å². The maximum absolute atomic E-state index is 13.2. The monoisotopic (exact) mass is 390 g/mol. The van der Waals surface area contributed by atoms with Gasteiger partial charge in [-0.25, -0.2) is 4.68 Å². The molecule has 29 heavy (non-hydrogen) atoms. The van der Waals surface area contributed by atoms with Gasteiger partial charge in [0.05, 0.1) is 18.5 Å². The van der Waals surface area contributed by atoms with Gasteiger partial charge in [-0.2, -0.15) is 5.10 Å². The Kier molecular flexibility index (Phi) is 5.36. The fourth-order valence-corrected chi connectivity index (χ4v) is 3.96. The summed E-state index contributed by atoms with van der Waals surface area (Å²) in [5.74, 6) is 1.10. The van der Waals surface area contributed by atoms with E-state index in [2.05, 4.69) is 6.92 Å². The molecule has 1 amide bonds. The van der Waals surface area contributed by atoms with Crippen LogP contribution in [-0.2, 0) is 0 Å². The quantitative estimate of drug-likeness (QED) is 0.725. The normalized spacial score (nSPS) is 18.8. The second-order valence-electron chi connectivity index (χ2n) is 7.53. The Balaban J connectivity index is 1.74. The molecule has 0 saturated carbocycles. The smallest absolute Gasteiger partial charge is 0.274 e. The van der Waals surface area contributed by atoms with E-state index in [1.807, 2.05) is 70.2 Å². The van der Waals surface area contributed by atoms with Crippen LogP contribution < -0.4 is 10.5 Å². The molecule has 0 radical (unpaired) electrons. The van der Waals surface area contributed by atoms with E-state index in [9.17, 15) is 4.79 Å². The van der Waals surface area contributed by atoms with Gasteiger partial charge in [-0.05, 0) is 68.3 Å². The van der Waals surface area contributed by atoms with Crippen molar-refractivity contribution in [3.05, 3.63) is 66.4 Å². The summed E-state index contributed by atoms with van der Waals surface area (Å²) in [6, 6.07) is 19.7. The largest absolute Gasteiger partial charge is 0.497 e. The molecule has 2 unspecified atom stereocenters. The van der Waals surface area contributed by atoms with Crippen molar-refractivity contribution in [1.82, 2.24) is 14.7 Å². The second-order valence-corrected chi connectivity index (χ2v) is 7.53. The molecule has 150 valence electrons. The Morgan fingerprint density at radius 3 is 2.52 bits per heavy atom. The van der Waals surface area contributed by atoms with Crippen molar-refractivity contribution in [2.75, 3.05) is 20.2 Å². The van der Waals surface area contributed by atoms with Crippen LogP contribution in [0.5, 0.6) is 5.75 Å². The summed E-state index contributed by atoms with van der Waals surface area (Å²) in [5, 5.41) is 4.69. The topological polar surface area (TPSA) is 73.4 Å². The molecule has 1 aliphatic heterocycles. The highest BCUT2D eigenvalue weighted by Crippen LogP contribution is 2.29. The molecule has 0 aliphatic carbocycles. The predicted octanol–water partition coefficient (Wildman–Crippen LogP) is 3.36. The predicted molar refractivity (Wildman–Crippen MR) is 113 cm³/mol. The molecule has 0 bridgehead atoms. The number of nitrogens with zero attached hydrogens (tertiary/aromatic N) is 3. The van der Waals surface area contributed by atoms with E-state index in [1.165, 1.54) is 0 Å². The molecule has 2 N–H and O–H groups in total. The number of ether oxygens (including phenoxy) is 1. The zero-order valence-corrected chi connectivity index (χ0v) is 16.8. The summed E-state index contributed by atoms with van der Waals surface area (Å²) in [7, 11) is 1.64. The first-order valence-electron chi connectivity index (χ1n) is 9.91. The van der Waals surface area contributed by atoms with Crippen LogP contribution in [-0.4, -0.2) is 46.8 Å². The third-order valence-corrected chi connectivity index (χ3v) is 5.57. The number of likely N-dealkylation sites (tertiary alicyclic amines) is 1. The fourth-order valence-electron chi connectivity index (χ4n) is 3.96. The standard InChI is InChI=1S/C23H26N4O2/c1-16-12-17(14-24)15-26(16)23(28)21-13-22(18-8-10-20(29-2)11-9-18)27(25-21)19-6-4-3-5-7-19/h3-11,13,16-17H,12,14-15,24H2,1-2H3. The molecule has 0 spiro atoms. The molecule has 6 heteroatoms. The van der Waals surface area contributed by atoms with Gasteiger partial charge in [0.1, 0.15) is 5.75 Å². The highest BCUT2D eigenvalue weighted by Gasteiger charge is 2.33. The summed E-state index contributed by atoms with van der Waals surface area (Å²) in [5.41, 5.74) is 9.02. The van der Waals surface area contributed by atoms with Gasteiger partial charge < -0.3 is 15.4 Å². The number of aromatic nitrogens is 2. The molecule has 2 aromatic carbocycles. The minimum atomic E-state index is -0.0436. The van der Waals surface area contributed by atoms with Crippen LogP contribution in [0.2, 0.25) is 0 Å². The Labute approximate surface area is 170 Å². The summed E-state index contributed by atoms with van der Waals surface area (Å²) in [6.45, 7) is 3.36. The second kappa shape index (κ2) is 8.09. The van der Waals surface area contributed by atoms with Crippen LogP contribution in [0.15, 0.2) is 60.7 Å². The van der Waals surface area contributed by atoms with Crippen LogP contribution in [0, 0.1) is 5.92 Å². The van der Waals surface area contributed by atoms with Crippen LogP contribution in [0.3, 0.4) is 0 Å². The van der Waals surface area contributed by atoms with Gasteiger partial charge in [0, 0.05) is 18.2 Å². The molecular weight excluding hydrogens is 364 g/mol. The van der Waals surface area contributed by atoms with Gasteiger partial charge in [-0.3, -0.25) is 4.79 Å². The Morgan fingerprint density at radius 2 is 1.90 bits per heavy atom. The Morgan fingerprint density at radius 1 is 1.17 bits per heavy atom. The van der Waals surface area contributed by atoms with E-state index in [0.717, 1.165) is 29.1 Å². The number of benzene rings is 2. The summed E-state index contributed by atoms with van der Waals surface area (Å²) in [4.78, 5) is 15.1. The molecule has 2 heterocycles. The van der Waals surface area contributed by atoms with Crippen molar-refractivity contribution in [1.29, 1.82) is 0 Å². The zero-order chi connectivity index (χ0) is 20.4. The molecule has 1 aromatic heterocycles. The van der Waals surface area contributed by atoms with Crippen molar-refractivity contribution in [2.24, 2.45) is 11.7 Å². The zero-order valence-electron chi connectivity index (χ0n) is 16.8. The number of methoxy groups -OCH3 is 1. The van der Waals surface area contributed by atoms with Gasteiger partial charge >= 0.3 is 0 Å². The first-order valence-corrected chi connectivity index (χ1v) is 9.91. The van der Waals surface area contributed by atoms with Gasteiger partial charge in [-0.15, -0.1) is 0 Å². The molecule has 1 aliphatic rings. The maximum Gasteiger partial charge on any atom is 0.274 e. The molecule has 1 fully saturated rings. The van der Waals surface area contributed by atoms with Crippen molar-refractivity contribution in [3.63, 3.8) is 0 Å². The number of amides is 1. The van der Waals surface area contributed by atoms with Crippen molar-refractivity contribution >= 4 is 5.91 Å². The minimum absolute atomic E-state index is 0.0436. The summed E-state index contributed by atoms with van der Waals surface area (Å²) < 4.78 is 7.10. The lowest BCUT2D eigenvalue weighted by Gasteiger charge is -2.20. The number of nitrogens with two attached hydrogens (primary N) is 1. The average molecular weight is 390 g/mol. The van der Waals surface area contributed by atoms with Crippen LogP contribution in [0.25, 0.3) is 16.9 Å². The van der Waals surface area contributed by atoms with Crippen molar-refractivity contribution < 1.29 is 9.53 Å². The first-order chi connectivity index (χ1) is 14.1.